The Labute approximate surface area is 145 Å². The second-order valence-corrected chi connectivity index (χ2v) is 7.24. The van der Waals surface area contributed by atoms with Crippen molar-refractivity contribution >= 4 is 44.6 Å². The number of halogens is 1. The van der Waals surface area contributed by atoms with Gasteiger partial charge in [-0.05, 0) is 60.6 Å². The number of primary sulfonamides is 1. The minimum Gasteiger partial charge on any atom is -0.362 e. The summed E-state index contributed by atoms with van der Waals surface area (Å²) < 4.78 is 22.4. The molecule has 2 aromatic rings. The lowest BCUT2D eigenvalue weighted by atomic mass is 10.1. The van der Waals surface area contributed by atoms with E-state index >= 15 is 0 Å². The molecule has 0 aliphatic heterocycles. The Morgan fingerprint density at radius 1 is 1.17 bits per heavy atom. The van der Waals surface area contributed by atoms with Crippen molar-refractivity contribution in [2.45, 2.75) is 11.3 Å². The van der Waals surface area contributed by atoms with Crippen LogP contribution in [0, 0.1) is 0 Å². The monoisotopic (exact) mass is 369 g/mol. The van der Waals surface area contributed by atoms with Gasteiger partial charge in [0.25, 0.3) is 0 Å². The third-order valence-corrected chi connectivity index (χ3v) is 4.44. The summed E-state index contributed by atoms with van der Waals surface area (Å²) in [5, 5.41) is 12.3. The Hall–Kier alpha value is -1.67. The van der Waals surface area contributed by atoms with Crippen LogP contribution in [-0.4, -0.2) is 20.1 Å². The molecule has 23 heavy (non-hydrogen) atoms. The number of nitrogens with two attached hydrogens (primary N) is 1. The van der Waals surface area contributed by atoms with Gasteiger partial charge in [0.1, 0.15) is 0 Å². The highest BCUT2D eigenvalue weighted by Gasteiger charge is 2.07. The SMILES string of the molecule is NS(=O)(=O)c1ccc(NC(=S)NCCc2cccc(Cl)c2)cc1. The number of hydrogen-bond acceptors (Lipinski definition) is 3. The molecule has 0 radical (unpaired) electrons. The molecule has 5 nitrogen and oxygen atoms in total. The van der Waals surface area contributed by atoms with Gasteiger partial charge in [0, 0.05) is 17.3 Å². The summed E-state index contributed by atoms with van der Waals surface area (Å²) in [7, 11) is -3.68. The van der Waals surface area contributed by atoms with Crippen molar-refractivity contribution in [1.29, 1.82) is 0 Å². The fourth-order valence-electron chi connectivity index (χ4n) is 1.92. The summed E-state index contributed by atoms with van der Waals surface area (Å²) in [4.78, 5) is 0.0582. The van der Waals surface area contributed by atoms with Gasteiger partial charge in [0.15, 0.2) is 5.11 Å². The highest BCUT2D eigenvalue weighted by Crippen LogP contribution is 2.13. The van der Waals surface area contributed by atoms with E-state index in [4.69, 9.17) is 29.0 Å². The Morgan fingerprint density at radius 2 is 1.87 bits per heavy atom. The van der Waals surface area contributed by atoms with E-state index in [1.807, 2.05) is 24.3 Å². The van der Waals surface area contributed by atoms with Crippen LogP contribution in [0.25, 0.3) is 0 Å². The summed E-state index contributed by atoms with van der Waals surface area (Å²) >= 11 is 11.1. The molecular formula is C15H16ClN3O2S2. The van der Waals surface area contributed by atoms with E-state index in [1.165, 1.54) is 12.1 Å². The number of rotatable bonds is 5. The molecule has 0 spiro atoms. The number of anilines is 1. The first kappa shape index (κ1) is 17.7. The number of sulfonamides is 1. The van der Waals surface area contributed by atoms with E-state index in [9.17, 15) is 8.42 Å². The lowest BCUT2D eigenvalue weighted by Gasteiger charge is -2.11. The Kier molecular flexibility index (Phi) is 5.95. The molecule has 122 valence electrons. The minimum atomic E-state index is -3.68. The lowest BCUT2D eigenvalue weighted by molar-refractivity contribution is 0.598. The van der Waals surface area contributed by atoms with E-state index < -0.39 is 10.0 Å². The maximum absolute atomic E-state index is 11.2. The van der Waals surface area contributed by atoms with Crippen molar-refractivity contribution in [3.05, 3.63) is 59.1 Å². The molecule has 0 fully saturated rings. The van der Waals surface area contributed by atoms with E-state index in [0.717, 1.165) is 12.0 Å². The number of hydrogen-bond donors (Lipinski definition) is 3. The largest absolute Gasteiger partial charge is 0.362 e. The normalized spacial score (nSPS) is 11.0. The van der Waals surface area contributed by atoms with Crippen LogP contribution in [0.5, 0.6) is 0 Å². The summed E-state index contributed by atoms with van der Waals surface area (Å²) in [5.74, 6) is 0. The Bertz CT molecular complexity index is 793. The molecule has 0 unspecified atom stereocenters. The van der Waals surface area contributed by atoms with Crippen LogP contribution in [-0.2, 0) is 16.4 Å². The van der Waals surface area contributed by atoms with Crippen molar-refractivity contribution in [2.75, 3.05) is 11.9 Å². The maximum atomic E-state index is 11.2. The average molecular weight is 370 g/mol. The van der Waals surface area contributed by atoms with Crippen LogP contribution in [0.15, 0.2) is 53.4 Å². The zero-order valence-corrected chi connectivity index (χ0v) is 14.5. The summed E-state index contributed by atoms with van der Waals surface area (Å²) in [6.45, 7) is 0.654. The minimum absolute atomic E-state index is 0.0582. The molecule has 8 heteroatoms. The molecule has 0 heterocycles. The van der Waals surface area contributed by atoms with Crippen LogP contribution in [0.4, 0.5) is 5.69 Å². The van der Waals surface area contributed by atoms with E-state index in [-0.39, 0.29) is 4.90 Å². The summed E-state index contributed by atoms with van der Waals surface area (Å²) in [5.41, 5.74) is 1.79. The van der Waals surface area contributed by atoms with Gasteiger partial charge >= 0.3 is 0 Å². The predicted octanol–water partition coefficient (Wildman–Crippen LogP) is 2.52. The van der Waals surface area contributed by atoms with Crippen LogP contribution in [0.1, 0.15) is 5.56 Å². The maximum Gasteiger partial charge on any atom is 0.238 e. The first-order valence-corrected chi connectivity index (χ1v) is 9.10. The molecule has 2 aromatic carbocycles. The van der Waals surface area contributed by atoms with Gasteiger partial charge in [-0.2, -0.15) is 0 Å². The zero-order valence-electron chi connectivity index (χ0n) is 12.1. The first-order chi connectivity index (χ1) is 10.8. The number of benzene rings is 2. The van der Waals surface area contributed by atoms with Crippen molar-refractivity contribution in [3.63, 3.8) is 0 Å². The second kappa shape index (κ2) is 7.74. The standard InChI is InChI=1S/C15H16ClN3O2S2/c16-12-3-1-2-11(10-12)8-9-18-15(22)19-13-4-6-14(7-5-13)23(17,20)21/h1-7,10H,8-9H2,(H2,17,20,21)(H2,18,19,22). The summed E-state index contributed by atoms with van der Waals surface area (Å²) in [6, 6.07) is 13.7. The highest BCUT2D eigenvalue weighted by molar-refractivity contribution is 7.89. The van der Waals surface area contributed by atoms with Gasteiger partial charge in [-0.15, -0.1) is 0 Å². The van der Waals surface area contributed by atoms with Crippen molar-refractivity contribution in [1.82, 2.24) is 5.32 Å². The summed E-state index contributed by atoms with van der Waals surface area (Å²) in [6.07, 6.45) is 0.784. The molecule has 0 aliphatic rings. The quantitative estimate of drug-likeness (QED) is 0.705. The molecular weight excluding hydrogens is 354 g/mol. The Morgan fingerprint density at radius 3 is 2.48 bits per heavy atom. The molecule has 0 saturated heterocycles. The molecule has 4 N–H and O–H groups in total. The molecule has 2 rings (SSSR count). The van der Waals surface area contributed by atoms with E-state index in [0.29, 0.717) is 22.4 Å². The fraction of sp³-hybridized carbons (Fsp3) is 0.133. The van der Waals surface area contributed by atoms with Crippen LogP contribution in [0.3, 0.4) is 0 Å². The zero-order chi connectivity index (χ0) is 16.9. The highest BCUT2D eigenvalue weighted by atomic mass is 35.5. The smallest absolute Gasteiger partial charge is 0.238 e. The van der Waals surface area contributed by atoms with Crippen molar-refractivity contribution < 1.29 is 8.42 Å². The van der Waals surface area contributed by atoms with Crippen molar-refractivity contribution in [3.8, 4) is 0 Å². The second-order valence-electron chi connectivity index (χ2n) is 4.83. The topological polar surface area (TPSA) is 84.2 Å². The first-order valence-electron chi connectivity index (χ1n) is 6.77. The third kappa shape index (κ3) is 5.80. The van der Waals surface area contributed by atoms with Gasteiger partial charge in [-0.3, -0.25) is 0 Å². The molecule has 0 aromatic heterocycles. The Balaban J connectivity index is 1.83. The number of nitrogens with one attached hydrogen (secondary N) is 2. The lowest BCUT2D eigenvalue weighted by Crippen LogP contribution is -2.30. The average Bonchev–Trinajstić information content (AvgIpc) is 2.47. The number of thiocarbonyl (C=S) groups is 1. The van der Waals surface area contributed by atoms with Crippen LogP contribution in [0.2, 0.25) is 5.02 Å². The fourth-order valence-corrected chi connectivity index (χ4v) is 2.86. The predicted molar refractivity (Wildman–Crippen MR) is 97.2 cm³/mol. The van der Waals surface area contributed by atoms with E-state index in [1.54, 1.807) is 12.1 Å². The van der Waals surface area contributed by atoms with Crippen molar-refractivity contribution in [2.24, 2.45) is 5.14 Å². The molecule has 0 atom stereocenters. The van der Waals surface area contributed by atoms with Gasteiger partial charge in [0.05, 0.1) is 4.90 Å². The van der Waals surface area contributed by atoms with E-state index in [2.05, 4.69) is 10.6 Å². The molecule has 0 aliphatic carbocycles. The third-order valence-electron chi connectivity index (χ3n) is 3.03. The molecule has 0 saturated carbocycles. The molecule has 0 bridgehead atoms. The van der Waals surface area contributed by atoms with Gasteiger partial charge in [-0.1, -0.05) is 23.7 Å². The molecule has 0 amide bonds. The van der Waals surface area contributed by atoms with Gasteiger partial charge in [0.2, 0.25) is 10.0 Å². The van der Waals surface area contributed by atoms with Gasteiger partial charge < -0.3 is 10.6 Å². The van der Waals surface area contributed by atoms with Crippen LogP contribution < -0.4 is 15.8 Å². The van der Waals surface area contributed by atoms with Gasteiger partial charge in [-0.25, -0.2) is 13.6 Å². The van der Waals surface area contributed by atoms with Crippen LogP contribution >= 0.6 is 23.8 Å².